The number of β-amino-alcohol motifs (C(OH)–C–C–N with tert-alkyl or cyclic N) is 1. The number of aliphatic hydroxyl groups is 1. The lowest BCUT2D eigenvalue weighted by Crippen LogP contribution is -2.57. The number of carbonyl (C=O) groups is 2. The van der Waals surface area contributed by atoms with Gasteiger partial charge in [-0.05, 0) is 37.8 Å². The van der Waals surface area contributed by atoms with Gasteiger partial charge < -0.3 is 20.6 Å². The highest BCUT2D eigenvalue weighted by atomic mass is 16.3. The van der Waals surface area contributed by atoms with E-state index in [0.29, 0.717) is 18.5 Å². The van der Waals surface area contributed by atoms with Crippen molar-refractivity contribution in [3.8, 4) is 0 Å². The Bertz CT molecular complexity index is 598. The number of pyridine rings is 1. The summed E-state index contributed by atoms with van der Waals surface area (Å²) in [4.78, 5) is 32.0. The molecular formula is C16H22N4O3. The quantitative estimate of drug-likeness (QED) is 0.825. The second-order valence-electron chi connectivity index (χ2n) is 6.33. The van der Waals surface area contributed by atoms with Gasteiger partial charge in [-0.25, -0.2) is 4.98 Å². The molecule has 2 aliphatic rings. The van der Waals surface area contributed by atoms with Crippen molar-refractivity contribution in [1.82, 2.24) is 9.88 Å². The van der Waals surface area contributed by atoms with Gasteiger partial charge in [0, 0.05) is 25.8 Å². The monoisotopic (exact) mass is 318 g/mol. The Morgan fingerprint density at radius 3 is 2.52 bits per heavy atom. The summed E-state index contributed by atoms with van der Waals surface area (Å²) in [6, 6.07) is 3.60. The standard InChI is InChI=1S/C16H22N4O3/c17-15(22)16(23)6-3-9-20(11-16)14(21)12-4-5-13(18-10-12)19-7-1-2-8-19/h4-5,10,23H,1-3,6-9,11H2,(H2,17,22)/t16-/m1/s1. The number of carbonyl (C=O) groups excluding carboxylic acids is 2. The molecule has 1 atom stereocenters. The maximum absolute atomic E-state index is 12.6. The Kier molecular flexibility index (Phi) is 4.21. The lowest BCUT2D eigenvalue weighted by atomic mass is 9.92. The van der Waals surface area contributed by atoms with E-state index in [9.17, 15) is 14.7 Å². The Morgan fingerprint density at radius 1 is 1.17 bits per heavy atom. The van der Waals surface area contributed by atoms with Gasteiger partial charge in [-0.15, -0.1) is 0 Å². The average Bonchev–Trinajstić information content (AvgIpc) is 3.09. The van der Waals surface area contributed by atoms with Crippen molar-refractivity contribution < 1.29 is 14.7 Å². The van der Waals surface area contributed by atoms with Crippen molar-refractivity contribution in [2.75, 3.05) is 31.1 Å². The third-order valence-electron chi connectivity index (χ3n) is 4.64. The van der Waals surface area contributed by atoms with Crippen molar-refractivity contribution in [3.05, 3.63) is 23.9 Å². The number of hydrogen-bond acceptors (Lipinski definition) is 5. The summed E-state index contributed by atoms with van der Waals surface area (Å²) in [5.74, 6) is -0.131. The van der Waals surface area contributed by atoms with E-state index in [4.69, 9.17) is 5.73 Å². The van der Waals surface area contributed by atoms with Gasteiger partial charge in [0.2, 0.25) is 0 Å². The first-order valence-corrected chi connectivity index (χ1v) is 8.02. The number of primary amides is 1. The Balaban J connectivity index is 1.71. The minimum absolute atomic E-state index is 0.0605. The van der Waals surface area contributed by atoms with E-state index < -0.39 is 11.5 Å². The SMILES string of the molecule is NC(=O)[C@@]1(O)CCCN(C(=O)c2ccc(N3CCCC3)nc2)C1. The summed E-state index contributed by atoms with van der Waals surface area (Å²) in [7, 11) is 0. The molecule has 2 aliphatic heterocycles. The van der Waals surface area contributed by atoms with Crippen LogP contribution in [0.3, 0.4) is 0 Å². The predicted octanol–water partition coefficient (Wildman–Crippen LogP) is 0.134. The van der Waals surface area contributed by atoms with Crippen molar-refractivity contribution in [1.29, 1.82) is 0 Å². The predicted molar refractivity (Wildman–Crippen MR) is 85.0 cm³/mol. The summed E-state index contributed by atoms with van der Waals surface area (Å²) in [5.41, 5.74) is 4.08. The molecule has 3 heterocycles. The van der Waals surface area contributed by atoms with Crippen LogP contribution in [0.4, 0.5) is 5.82 Å². The van der Waals surface area contributed by atoms with Crippen LogP contribution in [0.15, 0.2) is 18.3 Å². The van der Waals surface area contributed by atoms with Crippen molar-refractivity contribution >= 4 is 17.6 Å². The summed E-state index contributed by atoms with van der Waals surface area (Å²) >= 11 is 0. The molecule has 7 nitrogen and oxygen atoms in total. The van der Waals surface area contributed by atoms with Crippen LogP contribution in [0, 0.1) is 0 Å². The van der Waals surface area contributed by atoms with E-state index in [-0.39, 0.29) is 18.9 Å². The first-order valence-electron chi connectivity index (χ1n) is 8.02. The van der Waals surface area contributed by atoms with Gasteiger partial charge in [0.15, 0.2) is 5.60 Å². The molecule has 0 bridgehead atoms. The van der Waals surface area contributed by atoms with Gasteiger partial charge >= 0.3 is 0 Å². The first-order chi connectivity index (χ1) is 11.0. The fraction of sp³-hybridized carbons (Fsp3) is 0.562. The number of amides is 2. The summed E-state index contributed by atoms with van der Waals surface area (Å²) < 4.78 is 0. The van der Waals surface area contributed by atoms with Crippen molar-refractivity contribution in [3.63, 3.8) is 0 Å². The summed E-state index contributed by atoms with van der Waals surface area (Å²) in [5, 5.41) is 10.2. The van der Waals surface area contributed by atoms with Crippen LogP contribution in [0.2, 0.25) is 0 Å². The second-order valence-corrected chi connectivity index (χ2v) is 6.33. The topological polar surface area (TPSA) is 99.8 Å². The van der Waals surface area contributed by atoms with E-state index >= 15 is 0 Å². The van der Waals surface area contributed by atoms with E-state index in [2.05, 4.69) is 9.88 Å². The maximum Gasteiger partial charge on any atom is 0.255 e. The molecule has 7 heteroatoms. The zero-order valence-corrected chi connectivity index (χ0v) is 13.1. The van der Waals surface area contributed by atoms with E-state index in [1.54, 1.807) is 12.3 Å². The third kappa shape index (κ3) is 3.14. The number of anilines is 1. The molecule has 2 amide bonds. The van der Waals surface area contributed by atoms with Gasteiger partial charge in [-0.2, -0.15) is 0 Å². The lowest BCUT2D eigenvalue weighted by Gasteiger charge is -2.37. The van der Waals surface area contributed by atoms with Crippen LogP contribution in [-0.4, -0.2) is 58.6 Å². The van der Waals surface area contributed by atoms with Crippen LogP contribution >= 0.6 is 0 Å². The molecule has 3 N–H and O–H groups in total. The number of likely N-dealkylation sites (tertiary alicyclic amines) is 1. The molecule has 0 aliphatic carbocycles. The molecule has 0 unspecified atom stereocenters. The van der Waals surface area contributed by atoms with Crippen LogP contribution in [0.1, 0.15) is 36.0 Å². The number of nitrogens with two attached hydrogens (primary N) is 1. The number of aromatic nitrogens is 1. The van der Waals surface area contributed by atoms with Crippen molar-refractivity contribution in [2.24, 2.45) is 5.73 Å². The molecule has 2 fully saturated rings. The smallest absolute Gasteiger partial charge is 0.255 e. The lowest BCUT2D eigenvalue weighted by molar-refractivity contribution is -0.140. The Hall–Kier alpha value is -2.15. The van der Waals surface area contributed by atoms with Crippen LogP contribution in [-0.2, 0) is 4.79 Å². The molecule has 0 saturated carbocycles. The van der Waals surface area contributed by atoms with E-state index in [0.717, 1.165) is 18.9 Å². The highest BCUT2D eigenvalue weighted by Crippen LogP contribution is 2.23. The number of piperidine rings is 1. The first kappa shape index (κ1) is 15.7. The Labute approximate surface area is 135 Å². The third-order valence-corrected chi connectivity index (χ3v) is 4.64. The van der Waals surface area contributed by atoms with Gasteiger partial charge in [-0.1, -0.05) is 0 Å². The molecule has 3 rings (SSSR count). The molecule has 0 radical (unpaired) electrons. The second kappa shape index (κ2) is 6.16. The van der Waals surface area contributed by atoms with E-state index in [1.807, 2.05) is 6.07 Å². The van der Waals surface area contributed by atoms with Gasteiger partial charge in [0.25, 0.3) is 11.8 Å². The molecule has 1 aromatic rings. The molecule has 2 saturated heterocycles. The van der Waals surface area contributed by atoms with Crippen molar-refractivity contribution in [2.45, 2.75) is 31.3 Å². The van der Waals surface area contributed by atoms with E-state index in [1.165, 1.54) is 17.7 Å². The molecule has 0 aromatic carbocycles. The fourth-order valence-corrected chi connectivity index (χ4v) is 3.24. The van der Waals surface area contributed by atoms with Crippen LogP contribution in [0.5, 0.6) is 0 Å². The minimum atomic E-state index is -1.63. The highest BCUT2D eigenvalue weighted by Gasteiger charge is 2.40. The van der Waals surface area contributed by atoms with Gasteiger partial charge in [-0.3, -0.25) is 9.59 Å². The maximum atomic E-state index is 12.6. The summed E-state index contributed by atoms with van der Waals surface area (Å²) in [6.07, 6.45) is 4.74. The largest absolute Gasteiger partial charge is 0.378 e. The molecule has 124 valence electrons. The minimum Gasteiger partial charge on any atom is -0.378 e. The van der Waals surface area contributed by atoms with Crippen LogP contribution < -0.4 is 10.6 Å². The number of rotatable bonds is 3. The fourth-order valence-electron chi connectivity index (χ4n) is 3.24. The molecule has 1 aromatic heterocycles. The highest BCUT2D eigenvalue weighted by molar-refractivity contribution is 5.95. The summed E-state index contributed by atoms with van der Waals surface area (Å²) in [6.45, 7) is 2.44. The zero-order chi connectivity index (χ0) is 16.4. The molecule has 23 heavy (non-hydrogen) atoms. The van der Waals surface area contributed by atoms with Gasteiger partial charge in [0.05, 0.1) is 12.1 Å². The number of hydrogen-bond donors (Lipinski definition) is 2. The van der Waals surface area contributed by atoms with Gasteiger partial charge in [0.1, 0.15) is 5.82 Å². The zero-order valence-electron chi connectivity index (χ0n) is 13.1. The Morgan fingerprint density at radius 2 is 1.91 bits per heavy atom. The molecule has 0 spiro atoms. The molecular weight excluding hydrogens is 296 g/mol. The number of nitrogens with zero attached hydrogens (tertiary/aromatic N) is 3. The normalized spacial score (nSPS) is 24.7. The average molecular weight is 318 g/mol. The van der Waals surface area contributed by atoms with Crippen LogP contribution in [0.25, 0.3) is 0 Å².